The number of ether oxygens (including phenoxy) is 1. The molecule has 0 spiro atoms. The fourth-order valence-electron chi connectivity index (χ4n) is 2.87. The standard InChI is InChI=1S/C20H21N3O4S/c1-11(2)27-19(26)18-13(4)21-20(28-18)22-16(24)10-23-15-8-6-5-7-14(15)12(3)9-17(23)25/h5-9,11H,10H2,1-4H3,(H,21,22,24). The highest BCUT2D eigenvalue weighted by Crippen LogP contribution is 2.24. The molecule has 8 heteroatoms. The van der Waals surface area contributed by atoms with E-state index in [1.807, 2.05) is 31.2 Å². The molecule has 3 aromatic rings. The number of rotatable bonds is 5. The Morgan fingerprint density at radius 2 is 1.96 bits per heavy atom. The summed E-state index contributed by atoms with van der Waals surface area (Å²) in [4.78, 5) is 41.6. The van der Waals surface area contributed by atoms with Gasteiger partial charge in [0.2, 0.25) is 5.91 Å². The van der Waals surface area contributed by atoms with Gasteiger partial charge in [-0.1, -0.05) is 29.5 Å². The average molecular weight is 399 g/mol. The summed E-state index contributed by atoms with van der Waals surface area (Å²) in [7, 11) is 0. The normalized spacial score (nSPS) is 11.0. The fourth-order valence-corrected chi connectivity index (χ4v) is 3.74. The first-order valence-electron chi connectivity index (χ1n) is 8.83. The maximum Gasteiger partial charge on any atom is 0.350 e. The topological polar surface area (TPSA) is 90.3 Å². The Labute approximate surface area is 166 Å². The molecule has 0 aliphatic rings. The maximum absolute atomic E-state index is 12.5. The molecule has 0 radical (unpaired) electrons. The molecule has 1 amide bonds. The minimum absolute atomic E-state index is 0.149. The zero-order valence-electron chi connectivity index (χ0n) is 16.1. The molecule has 0 aliphatic carbocycles. The van der Waals surface area contributed by atoms with Crippen LogP contribution >= 0.6 is 11.3 Å². The number of nitrogens with one attached hydrogen (secondary N) is 1. The van der Waals surface area contributed by atoms with Gasteiger partial charge in [0.1, 0.15) is 11.4 Å². The van der Waals surface area contributed by atoms with Crippen LogP contribution < -0.4 is 10.9 Å². The molecular weight excluding hydrogens is 378 g/mol. The number of esters is 1. The van der Waals surface area contributed by atoms with E-state index in [0.29, 0.717) is 21.2 Å². The zero-order valence-corrected chi connectivity index (χ0v) is 16.9. The third kappa shape index (κ3) is 4.12. The van der Waals surface area contributed by atoms with Crippen LogP contribution in [0.1, 0.15) is 34.8 Å². The fraction of sp³-hybridized carbons (Fsp3) is 0.300. The van der Waals surface area contributed by atoms with Gasteiger partial charge in [0.05, 0.1) is 17.3 Å². The summed E-state index contributed by atoms with van der Waals surface area (Å²) in [6.07, 6.45) is -0.242. The number of benzene rings is 1. The second-order valence-corrected chi connectivity index (χ2v) is 7.70. The minimum atomic E-state index is -0.466. The molecule has 146 valence electrons. The first-order valence-corrected chi connectivity index (χ1v) is 9.65. The molecule has 0 aliphatic heterocycles. The largest absolute Gasteiger partial charge is 0.459 e. The molecule has 0 fully saturated rings. The Morgan fingerprint density at radius 3 is 2.68 bits per heavy atom. The van der Waals surface area contributed by atoms with Crippen molar-refractivity contribution in [2.75, 3.05) is 5.32 Å². The molecule has 2 heterocycles. The van der Waals surface area contributed by atoms with E-state index in [1.54, 1.807) is 20.8 Å². The van der Waals surface area contributed by atoms with Crippen molar-refractivity contribution in [2.45, 2.75) is 40.3 Å². The summed E-state index contributed by atoms with van der Waals surface area (Å²) in [5, 5.41) is 3.88. The summed E-state index contributed by atoms with van der Waals surface area (Å²) >= 11 is 1.05. The first kappa shape index (κ1) is 19.8. The number of amides is 1. The number of para-hydroxylation sites is 1. The predicted molar refractivity (Wildman–Crippen MR) is 109 cm³/mol. The van der Waals surface area contributed by atoms with Gasteiger partial charge in [-0.15, -0.1) is 0 Å². The number of carbonyl (C=O) groups excluding carboxylic acids is 2. The molecule has 0 saturated heterocycles. The lowest BCUT2D eigenvalue weighted by Crippen LogP contribution is -2.27. The van der Waals surface area contributed by atoms with Gasteiger partial charge in [0, 0.05) is 11.5 Å². The van der Waals surface area contributed by atoms with Crippen LogP contribution in [0.5, 0.6) is 0 Å². The quantitative estimate of drug-likeness (QED) is 0.665. The Morgan fingerprint density at radius 1 is 1.25 bits per heavy atom. The van der Waals surface area contributed by atoms with Gasteiger partial charge >= 0.3 is 5.97 Å². The van der Waals surface area contributed by atoms with Crippen LogP contribution in [0.25, 0.3) is 10.9 Å². The highest BCUT2D eigenvalue weighted by atomic mass is 32.1. The number of anilines is 1. The molecule has 1 aromatic carbocycles. The van der Waals surface area contributed by atoms with Gasteiger partial charge in [-0.2, -0.15) is 0 Å². The van der Waals surface area contributed by atoms with Crippen LogP contribution in [0.4, 0.5) is 5.13 Å². The molecule has 3 rings (SSSR count). The van der Waals surface area contributed by atoms with Gasteiger partial charge in [-0.05, 0) is 39.3 Å². The van der Waals surface area contributed by atoms with Crippen molar-refractivity contribution < 1.29 is 14.3 Å². The summed E-state index contributed by atoms with van der Waals surface area (Å²) in [6, 6.07) is 8.95. The van der Waals surface area contributed by atoms with E-state index < -0.39 is 11.9 Å². The van der Waals surface area contributed by atoms with Crippen LogP contribution in [0.15, 0.2) is 35.1 Å². The number of thiazole rings is 1. The number of aryl methyl sites for hydroxylation is 2. The number of hydrogen-bond acceptors (Lipinski definition) is 6. The van der Waals surface area contributed by atoms with Gasteiger partial charge in [-0.3, -0.25) is 14.2 Å². The molecule has 0 saturated carbocycles. The van der Waals surface area contributed by atoms with Crippen LogP contribution in [0.2, 0.25) is 0 Å². The van der Waals surface area contributed by atoms with Crippen molar-refractivity contribution in [1.82, 2.24) is 9.55 Å². The lowest BCUT2D eigenvalue weighted by molar-refractivity contribution is -0.116. The van der Waals surface area contributed by atoms with Crippen LogP contribution in [-0.2, 0) is 16.1 Å². The highest BCUT2D eigenvalue weighted by molar-refractivity contribution is 7.17. The number of nitrogens with zero attached hydrogens (tertiary/aromatic N) is 2. The van der Waals surface area contributed by atoms with E-state index in [4.69, 9.17) is 4.74 Å². The van der Waals surface area contributed by atoms with E-state index >= 15 is 0 Å². The molecular formula is C20H21N3O4S. The maximum atomic E-state index is 12.5. The number of pyridine rings is 1. The molecule has 1 N–H and O–H groups in total. The Bertz CT molecular complexity index is 1110. The van der Waals surface area contributed by atoms with Crippen LogP contribution in [-0.4, -0.2) is 27.5 Å². The van der Waals surface area contributed by atoms with Gasteiger partial charge in [-0.25, -0.2) is 9.78 Å². The Hall–Kier alpha value is -3.00. The molecule has 0 unspecified atom stereocenters. The first-order chi connectivity index (χ1) is 13.3. The summed E-state index contributed by atoms with van der Waals surface area (Å²) in [6.45, 7) is 6.93. The molecule has 28 heavy (non-hydrogen) atoms. The molecule has 7 nitrogen and oxygen atoms in total. The van der Waals surface area contributed by atoms with Crippen molar-refractivity contribution in [3.63, 3.8) is 0 Å². The van der Waals surface area contributed by atoms with Crippen molar-refractivity contribution >= 4 is 39.2 Å². The summed E-state index contributed by atoms with van der Waals surface area (Å²) < 4.78 is 6.60. The second kappa shape index (κ2) is 7.93. The summed E-state index contributed by atoms with van der Waals surface area (Å²) in [5.41, 5.74) is 1.80. The molecule has 0 atom stereocenters. The van der Waals surface area contributed by atoms with E-state index in [9.17, 15) is 14.4 Å². The van der Waals surface area contributed by atoms with Crippen LogP contribution in [0, 0.1) is 13.8 Å². The monoisotopic (exact) mass is 399 g/mol. The average Bonchev–Trinajstić information content (AvgIpc) is 2.98. The van der Waals surface area contributed by atoms with E-state index in [1.165, 1.54) is 10.6 Å². The Kier molecular flexibility index (Phi) is 5.60. The van der Waals surface area contributed by atoms with E-state index in [0.717, 1.165) is 22.3 Å². The predicted octanol–water partition coefficient (Wildman–Crippen LogP) is 3.28. The van der Waals surface area contributed by atoms with Crippen molar-refractivity contribution in [3.05, 3.63) is 56.8 Å². The molecule has 0 bridgehead atoms. The van der Waals surface area contributed by atoms with Gasteiger partial charge < -0.3 is 10.1 Å². The number of carbonyl (C=O) groups is 2. The summed E-state index contributed by atoms with van der Waals surface area (Å²) in [5.74, 6) is -0.861. The lowest BCUT2D eigenvalue weighted by Gasteiger charge is -2.11. The van der Waals surface area contributed by atoms with Crippen LogP contribution in [0.3, 0.4) is 0 Å². The van der Waals surface area contributed by atoms with Gasteiger partial charge in [0.15, 0.2) is 5.13 Å². The van der Waals surface area contributed by atoms with Gasteiger partial charge in [0.25, 0.3) is 5.56 Å². The van der Waals surface area contributed by atoms with Crippen molar-refractivity contribution in [2.24, 2.45) is 0 Å². The van der Waals surface area contributed by atoms with Crippen molar-refractivity contribution in [3.8, 4) is 0 Å². The number of hydrogen-bond donors (Lipinski definition) is 1. The third-order valence-corrected chi connectivity index (χ3v) is 5.15. The highest BCUT2D eigenvalue weighted by Gasteiger charge is 2.19. The number of aromatic nitrogens is 2. The lowest BCUT2D eigenvalue weighted by atomic mass is 10.1. The smallest absolute Gasteiger partial charge is 0.350 e. The SMILES string of the molecule is Cc1nc(NC(=O)Cn2c(=O)cc(C)c3ccccc32)sc1C(=O)OC(C)C. The zero-order chi connectivity index (χ0) is 20.4. The number of fused-ring (bicyclic) bond motifs is 1. The second-order valence-electron chi connectivity index (χ2n) is 6.70. The van der Waals surface area contributed by atoms with E-state index in [-0.39, 0.29) is 18.2 Å². The third-order valence-electron chi connectivity index (χ3n) is 4.10. The van der Waals surface area contributed by atoms with Crippen molar-refractivity contribution in [1.29, 1.82) is 0 Å². The minimum Gasteiger partial charge on any atom is -0.459 e. The molecule has 2 aromatic heterocycles. The Balaban J connectivity index is 1.82. The van der Waals surface area contributed by atoms with E-state index in [2.05, 4.69) is 10.3 Å².